The highest BCUT2D eigenvalue weighted by molar-refractivity contribution is 7.98. The highest BCUT2D eigenvalue weighted by Crippen LogP contribution is 2.46. The molecule has 1 amide bonds. The maximum absolute atomic E-state index is 13.4. The van der Waals surface area contributed by atoms with Gasteiger partial charge in [0.2, 0.25) is 23.2 Å². The number of thioether (sulfide) groups is 1. The van der Waals surface area contributed by atoms with Gasteiger partial charge >= 0.3 is 0 Å². The fourth-order valence-corrected chi connectivity index (χ4v) is 5.99. The van der Waals surface area contributed by atoms with Gasteiger partial charge in [-0.3, -0.25) is 9.69 Å². The fourth-order valence-electron chi connectivity index (χ4n) is 4.93. The lowest BCUT2D eigenvalue weighted by molar-refractivity contribution is -0.118. The molecule has 4 aromatic carbocycles. The van der Waals surface area contributed by atoms with Crippen molar-refractivity contribution in [3.05, 3.63) is 101 Å². The van der Waals surface area contributed by atoms with Gasteiger partial charge in [-0.1, -0.05) is 97.0 Å². The summed E-state index contributed by atoms with van der Waals surface area (Å²) in [6.07, 6.45) is -0.0331. The Morgan fingerprint density at radius 3 is 2.61 bits per heavy atom. The number of rotatable bonds is 7. The SMILES string of the molecule is CCCOc1ccc2ccccc2c1[C@@H]1Oc2nc(SCc3ccccc3Cl)nnc2-c2ccccc2N1C(C)=O. The summed E-state index contributed by atoms with van der Waals surface area (Å²) >= 11 is 7.79. The van der Waals surface area contributed by atoms with Crippen LogP contribution in [0.15, 0.2) is 90.1 Å². The summed E-state index contributed by atoms with van der Waals surface area (Å²) in [6, 6.07) is 27.2. The van der Waals surface area contributed by atoms with Crippen LogP contribution >= 0.6 is 23.4 Å². The molecular formula is C32H27ClN4O3S. The second kappa shape index (κ2) is 11.8. The van der Waals surface area contributed by atoms with Crippen LogP contribution in [0.3, 0.4) is 0 Å². The smallest absolute Gasteiger partial charge is 0.247 e. The number of aromatic nitrogens is 3. The van der Waals surface area contributed by atoms with Gasteiger partial charge in [-0.25, -0.2) is 0 Å². The topological polar surface area (TPSA) is 77.4 Å². The Kier molecular flexibility index (Phi) is 7.76. The van der Waals surface area contributed by atoms with E-state index in [2.05, 4.69) is 17.1 Å². The first-order valence-electron chi connectivity index (χ1n) is 13.4. The van der Waals surface area contributed by atoms with Crippen LogP contribution in [0.25, 0.3) is 22.0 Å². The molecule has 0 saturated carbocycles. The van der Waals surface area contributed by atoms with Crippen LogP contribution in [0.4, 0.5) is 5.69 Å². The molecule has 7 nitrogen and oxygen atoms in total. The van der Waals surface area contributed by atoms with Crippen molar-refractivity contribution in [2.45, 2.75) is 37.4 Å². The standard InChI is InChI=1S/C32H27ClN4O3S/c1-3-18-39-27-17-16-21-10-4-6-12-23(21)28(27)31-37(20(2)38)26-15-9-7-13-24(26)29-30(40-31)34-32(36-35-29)41-19-22-11-5-8-14-25(22)33/h4-17,31H,3,18-19H2,1-2H3/t31-/m0/s1. The summed E-state index contributed by atoms with van der Waals surface area (Å²) in [5.41, 5.74) is 3.55. The average Bonchev–Trinajstić information content (AvgIpc) is 3.13. The molecule has 9 heteroatoms. The third-order valence-corrected chi connectivity index (χ3v) is 8.06. The number of hydrogen-bond acceptors (Lipinski definition) is 7. The second-order valence-corrected chi connectivity index (χ2v) is 10.9. The Bertz CT molecular complexity index is 1750. The van der Waals surface area contributed by atoms with Crippen molar-refractivity contribution in [2.24, 2.45) is 0 Å². The predicted octanol–water partition coefficient (Wildman–Crippen LogP) is 7.87. The van der Waals surface area contributed by atoms with Crippen molar-refractivity contribution in [1.29, 1.82) is 0 Å². The van der Waals surface area contributed by atoms with Gasteiger partial charge in [-0.2, -0.15) is 4.98 Å². The zero-order valence-corrected chi connectivity index (χ0v) is 24.2. The van der Waals surface area contributed by atoms with E-state index < -0.39 is 6.23 Å². The lowest BCUT2D eigenvalue weighted by Gasteiger charge is -2.31. The molecule has 1 aliphatic heterocycles. The van der Waals surface area contributed by atoms with Crippen LogP contribution in [0.5, 0.6) is 11.6 Å². The van der Waals surface area contributed by atoms with Gasteiger partial charge < -0.3 is 9.47 Å². The maximum Gasteiger partial charge on any atom is 0.247 e. The van der Waals surface area contributed by atoms with Crippen molar-refractivity contribution >= 4 is 45.7 Å². The molecule has 0 saturated heterocycles. The van der Waals surface area contributed by atoms with Gasteiger partial charge in [0, 0.05) is 23.3 Å². The van der Waals surface area contributed by atoms with Crippen molar-refractivity contribution in [1.82, 2.24) is 15.2 Å². The Morgan fingerprint density at radius 2 is 1.78 bits per heavy atom. The molecule has 0 spiro atoms. The molecule has 206 valence electrons. The maximum atomic E-state index is 13.4. The Hall–Kier alpha value is -4.14. The van der Waals surface area contributed by atoms with Gasteiger partial charge in [0.1, 0.15) is 5.75 Å². The van der Waals surface area contributed by atoms with Crippen LogP contribution in [0, 0.1) is 0 Å². The van der Waals surface area contributed by atoms with Gasteiger partial charge in [0.15, 0.2) is 5.69 Å². The number of anilines is 1. The number of fused-ring (bicyclic) bond motifs is 4. The highest BCUT2D eigenvalue weighted by Gasteiger charge is 2.37. The van der Waals surface area contributed by atoms with E-state index in [1.807, 2.05) is 84.9 Å². The molecule has 0 N–H and O–H groups in total. The predicted molar refractivity (Wildman–Crippen MR) is 163 cm³/mol. The number of nitrogens with zero attached hydrogens (tertiary/aromatic N) is 4. The quantitative estimate of drug-likeness (QED) is 0.181. The fraction of sp³-hybridized carbons (Fsp3) is 0.188. The van der Waals surface area contributed by atoms with Gasteiger partial charge in [0.05, 0.1) is 17.9 Å². The van der Waals surface area contributed by atoms with Crippen LogP contribution < -0.4 is 14.4 Å². The number of halogens is 1. The highest BCUT2D eigenvalue weighted by atomic mass is 35.5. The van der Waals surface area contributed by atoms with Crippen molar-refractivity contribution in [2.75, 3.05) is 11.5 Å². The molecule has 41 heavy (non-hydrogen) atoms. The number of carbonyl (C=O) groups is 1. The number of para-hydroxylation sites is 1. The number of carbonyl (C=O) groups excluding carboxylic acids is 1. The number of hydrogen-bond donors (Lipinski definition) is 0. The molecule has 5 aromatic rings. The van der Waals surface area contributed by atoms with E-state index in [4.69, 9.17) is 26.1 Å². The third kappa shape index (κ3) is 5.33. The van der Waals surface area contributed by atoms with E-state index in [-0.39, 0.29) is 11.8 Å². The number of amides is 1. The number of ether oxygens (including phenoxy) is 2. The first-order valence-corrected chi connectivity index (χ1v) is 14.7. The van der Waals surface area contributed by atoms with E-state index in [0.29, 0.717) is 45.2 Å². The first-order chi connectivity index (χ1) is 20.0. The van der Waals surface area contributed by atoms with Crippen molar-refractivity contribution < 1.29 is 14.3 Å². The zero-order chi connectivity index (χ0) is 28.3. The molecule has 1 aliphatic rings. The molecule has 0 fully saturated rings. The third-order valence-electron chi connectivity index (χ3n) is 6.80. The Balaban J connectivity index is 1.51. The second-order valence-electron chi connectivity index (χ2n) is 9.55. The summed E-state index contributed by atoms with van der Waals surface area (Å²) in [7, 11) is 0. The van der Waals surface area contributed by atoms with E-state index >= 15 is 0 Å². The zero-order valence-electron chi connectivity index (χ0n) is 22.6. The van der Waals surface area contributed by atoms with E-state index in [9.17, 15) is 4.79 Å². The first kappa shape index (κ1) is 27.1. The lowest BCUT2D eigenvalue weighted by atomic mass is 10.0. The molecule has 2 heterocycles. The minimum atomic E-state index is -0.869. The van der Waals surface area contributed by atoms with Crippen LogP contribution in [-0.4, -0.2) is 27.7 Å². The molecule has 6 rings (SSSR count). The minimum absolute atomic E-state index is 0.189. The molecule has 0 radical (unpaired) electrons. The van der Waals surface area contributed by atoms with Gasteiger partial charge in [0.25, 0.3) is 0 Å². The van der Waals surface area contributed by atoms with Crippen molar-refractivity contribution in [3.8, 4) is 22.9 Å². The lowest BCUT2D eigenvalue weighted by Crippen LogP contribution is -2.36. The molecule has 1 atom stereocenters. The van der Waals surface area contributed by atoms with Crippen molar-refractivity contribution in [3.63, 3.8) is 0 Å². The van der Waals surface area contributed by atoms with Gasteiger partial charge in [-0.15, -0.1) is 10.2 Å². The monoisotopic (exact) mass is 582 g/mol. The summed E-state index contributed by atoms with van der Waals surface area (Å²) in [6.45, 7) is 4.12. The summed E-state index contributed by atoms with van der Waals surface area (Å²) in [5, 5.41) is 12.0. The summed E-state index contributed by atoms with van der Waals surface area (Å²) in [5.74, 6) is 1.32. The summed E-state index contributed by atoms with van der Waals surface area (Å²) in [4.78, 5) is 19.9. The normalized spacial score (nSPS) is 14.1. The molecular weight excluding hydrogens is 556 g/mol. The van der Waals surface area contributed by atoms with Gasteiger partial charge in [-0.05, 0) is 41.0 Å². The van der Waals surface area contributed by atoms with E-state index in [1.54, 1.807) is 4.90 Å². The largest absolute Gasteiger partial charge is 0.493 e. The summed E-state index contributed by atoms with van der Waals surface area (Å²) < 4.78 is 12.9. The molecule has 0 unspecified atom stereocenters. The molecule has 0 bridgehead atoms. The van der Waals surface area contributed by atoms with E-state index in [1.165, 1.54) is 18.7 Å². The minimum Gasteiger partial charge on any atom is -0.493 e. The van der Waals surface area contributed by atoms with E-state index in [0.717, 1.165) is 28.3 Å². The Labute approximate surface area is 247 Å². The van der Waals surface area contributed by atoms with Crippen LogP contribution in [0.2, 0.25) is 5.02 Å². The molecule has 1 aromatic heterocycles. The Morgan fingerprint density at radius 1 is 1.00 bits per heavy atom. The van der Waals surface area contributed by atoms with Crippen LogP contribution in [-0.2, 0) is 10.5 Å². The van der Waals surface area contributed by atoms with Crippen LogP contribution in [0.1, 0.15) is 37.6 Å². The molecule has 0 aliphatic carbocycles. The number of benzene rings is 4. The average molecular weight is 583 g/mol.